The molecule has 0 aliphatic carbocycles. The van der Waals surface area contributed by atoms with Gasteiger partial charge in [0.2, 0.25) is 11.0 Å². The fraction of sp³-hybridized carbons (Fsp3) is 0.667. The van der Waals surface area contributed by atoms with Gasteiger partial charge in [-0.25, -0.2) is 0 Å². The molecule has 0 bridgehead atoms. The van der Waals surface area contributed by atoms with Crippen molar-refractivity contribution >= 4 is 45.9 Å². The van der Waals surface area contributed by atoms with Crippen LogP contribution in [0.25, 0.3) is 0 Å². The van der Waals surface area contributed by atoms with E-state index in [9.17, 15) is 4.79 Å². The van der Waals surface area contributed by atoms with Gasteiger partial charge in [-0.1, -0.05) is 23.1 Å². The Morgan fingerprint density at radius 3 is 2.82 bits per heavy atom. The minimum atomic E-state index is -0.0161. The smallest absolute Gasteiger partial charge is 0.236 e. The number of nitrogens with one attached hydrogen (secondary N) is 1. The predicted octanol–water partition coefficient (Wildman–Crippen LogP) is 1.49. The molecule has 17 heavy (non-hydrogen) atoms. The third kappa shape index (κ3) is 6.25. The topological polar surface area (TPSA) is 58.1 Å². The van der Waals surface area contributed by atoms with Crippen LogP contribution in [0, 0.1) is 0 Å². The van der Waals surface area contributed by atoms with Crippen molar-refractivity contribution < 1.29 is 4.79 Å². The predicted molar refractivity (Wildman–Crippen MR) is 76.2 cm³/mol. The monoisotopic (exact) mass is 292 g/mol. The van der Waals surface area contributed by atoms with Gasteiger partial charge in [-0.3, -0.25) is 10.1 Å². The van der Waals surface area contributed by atoms with Crippen molar-refractivity contribution in [3.8, 4) is 0 Å². The zero-order valence-electron chi connectivity index (χ0n) is 10.1. The first-order chi connectivity index (χ1) is 8.11. The zero-order valence-corrected chi connectivity index (χ0v) is 12.5. The molecule has 0 fully saturated rings. The highest BCUT2D eigenvalue weighted by molar-refractivity contribution is 8.00. The number of nitrogens with zero attached hydrogens (tertiary/aromatic N) is 3. The molecular formula is C9H16N4OS3. The summed E-state index contributed by atoms with van der Waals surface area (Å²) >= 11 is 4.54. The van der Waals surface area contributed by atoms with E-state index in [1.165, 1.54) is 23.1 Å². The van der Waals surface area contributed by atoms with Gasteiger partial charge in [0.1, 0.15) is 0 Å². The first kappa shape index (κ1) is 14.7. The van der Waals surface area contributed by atoms with Crippen LogP contribution in [0.4, 0.5) is 5.13 Å². The number of hydrogen-bond donors (Lipinski definition) is 1. The maximum absolute atomic E-state index is 11.5. The van der Waals surface area contributed by atoms with Crippen molar-refractivity contribution in [2.45, 2.75) is 4.34 Å². The number of rotatable bonds is 7. The Hall–Kier alpha value is -0.310. The maximum atomic E-state index is 11.5. The summed E-state index contributed by atoms with van der Waals surface area (Å²) in [5.74, 6) is 1.40. The molecule has 0 saturated carbocycles. The second kappa shape index (κ2) is 7.91. The SMILES string of the molecule is CSc1nnc(NC(=O)CSCCN(C)C)s1. The van der Waals surface area contributed by atoms with E-state index in [1.807, 2.05) is 20.4 Å². The van der Waals surface area contributed by atoms with Crippen molar-refractivity contribution in [1.29, 1.82) is 0 Å². The van der Waals surface area contributed by atoms with E-state index in [1.54, 1.807) is 11.8 Å². The summed E-state index contributed by atoms with van der Waals surface area (Å²) in [5, 5.41) is 11.1. The molecule has 5 nitrogen and oxygen atoms in total. The lowest BCUT2D eigenvalue weighted by atomic mass is 10.7. The van der Waals surface area contributed by atoms with Crippen molar-refractivity contribution in [2.24, 2.45) is 0 Å². The molecule has 1 rings (SSSR count). The van der Waals surface area contributed by atoms with Crippen LogP contribution in [0.2, 0.25) is 0 Å². The molecule has 96 valence electrons. The lowest BCUT2D eigenvalue weighted by Gasteiger charge is -2.08. The van der Waals surface area contributed by atoms with E-state index >= 15 is 0 Å². The molecule has 0 radical (unpaired) electrons. The molecule has 0 spiro atoms. The molecule has 0 saturated heterocycles. The Kier molecular flexibility index (Phi) is 6.86. The van der Waals surface area contributed by atoms with Gasteiger partial charge in [0.05, 0.1) is 5.75 Å². The van der Waals surface area contributed by atoms with Crippen molar-refractivity contribution in [2.75, 3.05) is 43.7 Å². The van der Waals surface area contributed by atoms with Crippen molar-refractivity contribution in [3.63, 3.8) is 0 Å². The molecule has 8 heteroatoms. The molecular weight excluding hydrogens is 276 g/mol. The second-order valence-corrected chi connectivity index (χ2v) is 6.62. The van der Waals surface area contributed by atoms with Crippen LogP contribution in [0.15, 0.2) is 4.34 Å². The molecule has 1 heterocycles. The van der Waals surface area contributed by atoms with E-state index < -0.39 is 0 Å². The van der Waals surface area contributed by atoms with E-state index in [2.05, 4.69) is 20.4 Å². The van der Waals surface area contributed by atoms with Gasteiger partial charge in [0.25, 0.3) is 0 Å². The molecule has 1 N–H and O–H groups in total. The van der Waals surface area contributed by atoms with Crippen LogP contribution in [-0.4, -0.2) is 59.4 Å². The van der Waals surface area contributed by atoms with Crippen LogP contribution < -0.4 is 5.32 Å². The summed E-state index contributed by atoms with van der Waals surface area (Å²) < 4.78 is 0.862. The quantitative estimate of drug-likeness (QED) is 0.467. The van der Waals surface area contributed by atoms with Crippen LogP contribution in [-0.2, 0) is 4.79 Å². The fourth-order valence-corrected chi connectivity index (χ4v) is 2.99. The Bertz CT molecular complexity index is 356. The zero-order chi connectivity index (χ0) is 12.7. The highest BCUT2D eigenvalue weighted by Crippen LogP contribution is 2.23. The number of anilines is 1. The standard InChI is InChI=1S/C9H16N4OS3/c1-13(2)4-5-16-6-7(14)10-8-11-12-9(15-3)17-8/h4-6H2,1-3H3,(H,10,11,14). The summed E-state index contributed by atoms with van der Waals surface area (Å²) in [4.78, 5) is 13.6. The van der Waals surface area contributed by atoms with E-state index in [4.69, 9.17) is 0 Å². The van der Waals surface area contributed by atoms with Gasteiger partial charge >= 0.3 is 0 Å². The average Bonchev–Trinajstić information content (AvgIpc) is 2.72. The van der Waals surface area contributed by atoms with Crippen LogP contribution in [0.5, 0.6) is 0 Å². The molecule has 0 unspecified atom stereocenters. The largest absolute Gasteiger partial charge is 0.309 e. The van der Waals surface area contributed by atoms with Crippen LogP contribution in [0.1, 0.15) is 0 Å². The summed E-state index contributed by atoms with van der Waals surface area (Å²) in [6.07, 6.45) is 1.93. The van der Waals surface area contributed by atoms with Gasteiger partial charge in [-0.15, -0.1) is 10.2 Å². The molecule has 0 aliphatic heterocycles. The Balaban J connectivity index is 2.20. The number of hydrogen-bond acceptors (Lipinski definition) is 7. The number of thioether (sulfide) groups is 2. The maximum Gasteiger partial charge on any atom is 0.236 e. The molecule has 1 aromatic rings. The van der Waals surface area contributed by atoms with Crippen molar-refractivity contribution in [3.05, 3.63) is 0 Å². The summed E-state index contributed by atoms with van der Waals surface area (Å²) in [6, 6.07) is 0. The second-order valence-electron chi connectivity index (χ2n) is 3.48. The third-order valence-corrected chi connectivity index (χ3v) is 4.50. The number of aromatic nitrogens is 2. The third-order valence-electron chi connectivity index (χ3n) is 1.74. The molecule has 0 atom stereocenters. The summed E-state index contributed by atoms with van der Waals surface area (Å²) in [6.45, 7) is 0.980. The van der Waals surface area contributed by atoms with E-state index in [0.717, 1.165) is 16.6 Å². The Labute approximate surface area is 114 Å². The Morgan fingerprint density at radius 1 is 1.47 bits per heavy atom. The van der Waals surface area contributed by atoms with Crippen molar-refractivity contribution in [1.82, 2.24) is 15.1 Å². The number of carbonyl (C=O) groups is 1. The first-order valence-electron chi connectivity index (χ1n) is 5.01. The fourth-order valence-electron chi connectivity index (χ4n) is 0.910. The normalized spacial score (nSPS) is 10.8. The number of amides is 1. The molecule has 1 aromatic heterocycles. The summed E-state index contributed by atoms with van der Waals surface area (Å²) in [7, 11) is 4.04. The van der Waals surface area contributed by atoms with E-state index in [-0.39, 0.29) is 5.91 Å². The lowest BCUT2D eigenvalue weighted by Crippen LogP contribution is -2.18. The van der Waals surface area contributed by atoms with Gasteiger partial charge < -0.3 is 4.90 Å². The lowest BCUT2D eigenvalue weighted by molar-refractivity contribution is -0.113. The van der Waals surface area contributed by atoms with Gasteiger partial charge in [0, 0.05) is 12.3 Å². The summed E-state index contributed by atoms with van der Waals surface area (Å²) in [5.41, 5.74) is 0. The van der Waals surface area contributed by atoms with Gasteiger partial charge in [0.15, 0.2) is 4.34 Å². The average molecular weight is 292 g/mol. The molecule has 0 aliphatic rings. The van der Waals surface area contributed by atoms with Gasteiger partial charge in [-0.05, 0) is 20.4 Å². The number of carbonyl (C=O) groups excluding carboxylic acids is 1. The molecule has 1 amide bonds. The van der Waals surface area contributed by atoms with E-state index in [0.29, 0.717) is 10.9 Å². The minimum Gasteiger partial charge on any atom is -0.309 e. The van der Waals surface area contributed by atoms with Gasteiger partial charge in [-0.2, -0.15) is 11.8 Å². The minimum absolute atomic E-state index is 0.0161. The molecule has 0 aromatic carbocycles. The first-order valence-corrected chi connectivity index (χ1v) is 8.21. The van der Waals surface area contributed by atoms with Crippen LogP contribution >= 0.6 is 34.9 Å². The highest BCUT2D eigenvalue weighted by Gasteiger charge is 2.07. The highest BCUT2D eigenvalue weighted by atomic mass is 32.2. The van der Waals surface area contributed by atoms with Crippen LogP contribution in [0.3, 0.4) is 0 Å². The Morgan fingerprint density at radius 2 is 2.24 bits per heavy atom.